The van der Waals surface area contributed by atoms with Gasteiger partial charge in [-0.05, 0) is 24.0 Å². The number of fused-ring (bicyclic) bond motifs is 1. The summed E-state index contributed by atoms with van der Waals surface area (Å²) in [7, 11) is 0. The van der Waals surface area contributed by atoms with Crippen molar-refractivity contribution in [1.29, 1.82) is 0 Å². The van der Waals surface area contributed by atoms with Gasteiger partial charge in [0.25, 0.3) is 0 Å². The molecule has 1 fully saturated rings. The number of aryl methyl sites for hydroxylation is 1. The van der Waals surface area contributed by atoms with Crippen molar-refractivity contribution in [2.24, 2.45) is 5.41 Å². The minimum Gasteiger partial charge on any atom is -0.475 e. The van der Waals surface area contributed by atoms with E-state index in [1.54, 1.807) is 0 Å². The molecule has 0 radical (unpaired) electrons. The molecule has 0 saturated carbocycles. The van der Waals surface area contributed by atoms with Gasteiger partial charge in [0.15, 0.2) is 0 Å². The van der Waals surface area contributed by atoms with Crippen LogP contribution in [0.2, 0.25) is 0 Å². The van der Waals surface area contributed by atoms with Crippen molar-refractivity contribution in [1.82, 2.24) is 20.2 Å². The van der Waals surface area contributed by atoms with Gasteiger partial charge >= 0.3 is 12.1 Å². The topological polar surface area (TPSA) is 79.2 Å². The number of nitrogens with one attached hydrogen (secondary N) is 2. The predicted octanol–water partition coefficient (Wildman–Crippen LogP) is 3.36. The number of hydrogen-bond acceptors (Lipinski definition) is 4. The van der Waals surface area contributed by atoms with Crippen molar-refractivity contribution in [3.63, 3.8) is 0 Å². The van der Waals surface area contributed by atoms with Crippen LogP contribution in [0.15, 0.2) is 24.4 Å². The van der Waals surface area contributed by atoms with E-state index in [1.807, 2.05) is 6.20 Å². The first-order valence-electron chi connectivity index (χ1n) is 10.1. The Morgan fingerprint density at radius 1 is 1.31 bits per heavy atom. The summed E-state index contributed by atoms with van der Waals surface area (Å²) in [6.45, 7) is 7.42. The van der Waals surface area contributed by atoms with Crippen LogP contribution in [0.25, 0.3) is 11.3 Å². The molecule has 0 spiro atoms. The predicted molar refractivity (Wildman–Crippen MR) is 107 cm³/mol. The number of benzene rings is 1. The zero-order valence-corrected chi connectivity index (χ0v) is 17.6. The third kappa shape index (κ3) is 5.63. The summed E-state index contributed by atoms with van der Waals surface area (Å²) in [6.07, 6.45) is -1.31. The van der Waals surface area contributed by atoms with Gasteiger partial charge in [-0.15, -0.1) is 0 Å². The third-order valence-corrected chi connectivity index (χ3v) is 5.75. The van der Waals surface area contributed by atoms with Crippen molar-refractivity contribution < 1.29 is 31.9 Å². The molecule has 4 rings (SSSR count). The van der Waals surface area contributed by atoms with E-state index in [1.165, 1.54) is 12.1 Å². The molecule has 2 atom stereocenters. The van der Waals surface area contributed by atoms with Crippen LogP contribution in [0, 0.1) is 17.0 Å². The van der Waals surface area contributed by atoms with Gasteiger partial charge in [-0.3, -0.25) is 0 Å². The van der Waals surface area contributed by atoms with E-state index in [9.17, 15) is 22.0 Å². The highest BCUT2D eigenvalue weighted by Gasteiger charge is 2.38. The average molecular weight is 460 g/mol. The number of rotatable bonds is 3. The van der Waals surface area contributed by atoms with Crippen LogP contribution in [-0.2, 0) is 17.8 Å². The lowest BCUT2D eigenvalue weighted by molar-refractivity contribution is -0.192. The van der Waals surface area contributed by atoms with E-state index in [0.717, 1.165) is 44.4 Å². The first kappa shape index (κ1) is 24.1. The molecule has 1 aromatic carbocycles. The van der Waals surface area contributed by atoms with Crippen molar-refractivity contribution in [3.05, 3.63) is 41.9 Å². The zero-order chi connectivity index (χ0) is 23.7. The second-order valence-corrected chi connectivity index (χ2v) is 8.70. The zero-order valence-electron chi connectivity index (χ0n) is 17.6. The van der Waals surface area contributed by atoms with Gasteiger partial charge in [-0.2, -0.15) is 13.2 Å². The smallest absolute Gasteiger partial charge is 0.475 e. The number of alkyl halides is 3. The van der Waals surface area contributed by atoms with Crippen LogP contribution in [0.1, 0.15) is 26.1 Å². The molecule has 11 heteroatoms. The second kappa shape index (κ2) is 9.14. The van der Waals surface area contributed by atoms with Crippen LogP contribution in [0.4, 0.5) is 22.0 Å². The van der Waals surface area contributed by atoms with Crippen molar-refractivity contribution in [2.75, 3.05) is 13.1 Å². The summed E-state index contributed by atoms with van der Waals surface area (Å²) >= 11 is 0. The molecule has 3 heterocycles. The summed E-state index contributed by atoms with van der Waals surface area (Å²) < 4.78 is 61.0. The fourth-order valence-electron chi connectivity index (χ4n) is 3.91. The summed E-state index contributed by atoms with van der Waals surface area (Å²) in [5, 5.41) is 14.4. The molecular weight excluding hydrogens is 435 g/mol. The molecule has 2 aliphatic heterocycles. The summed E-state index contributed by atoms with van der Waals surface area (Å²) in [4.78, 5) is 13.5. The number of aromatic nitrogens is 2. The van der Waals surface area contributed by atoms with Gasteiger partial charge in [0.2, 0.25) is 0 Å². The molecule has 32 heavy (non-hydrogen) atoms. The van der Waals surface area contributed by atoms with Crippen LogP contribution in [-0.4, -0.2) is 52.0 Å². The lowest BCUT2D eigenvalue weighted by Gasteiger charge is -2.33. The number of carboxylic acids is 1. The first-order chi connectivity index (χ1) is 14.9. The standard InChI is InChI=1S/C19H24F2N4.C2HF3O2/c1-19(2)11-22-8-17(19)23-13-4-6-18-24-16(10-25(18)9-13)14-5-3-12(20)7-15(14)21;3-2(4,5)1(6)7/h3,5,7,10,13,17,22-23H,4,6,8-9,11H2,1-2H3;(H,6,7). The Morgan fingerprint density at radius 3 is 2.56 bits per heavy atom. The van der Waals surface area contributed by atoms with Gasteiger partial charge in [0.05, 0.1) is 5.69 Å². The Kier molecular flexibility index (Phi) is 6.89. The Balaban J connectivity index is 0.000000360. The minimum absolute atomic E-state index is 0.248. The molecule has 1 aromatic heterocycles. The number of hydrogen-bond donors (Lipinski definition) is 3. The van der Waals surface area contributed by atoms with Gasteiger partial charge < -0.3 is 20.3 Å². The molecule has 0 bridgehead atoms. The van der Waals surface area contributed by atoms with E-state index in [-0.39, 0.29) is 5.41 Å². The largest absolute Gasteiger partial charge is 0.490 e. The number of imidazole rings is 1. The fourth-order valence-corrected chi connectivity index (χ4v) is 3.91. The third-order valence-electron chi connectivity index (χ3n) is 5.75. The number of nitrogens with zero attached hydrogens (tertiary/aromatic N) is 2. The van der Waals surface area contributed by atoms with E-state index >= 15 is 0 Å². The molecule has 0 aliphatic carbocycles. The van der Waals surface area contributed by atoms with Crippen LogP contribution in [0.3, 0.4) is 0 Å². The highest BCUT2D eigenvalue weighted by atomic mass is 19.4. The van der Waals surface area contributed by atoms with E-state index < -0.39 is 23.8 Å². The number of halogens is 5. The second-order valence-electron chi connectivity index (χ2n) is 8.70. The van der Waals surface area contributed by atoms with Crippen molar-refractivity contribution in [2.45, 2.75) is 51.5 Å². The maximum Gasteiger partial charge on any atom is 0.490 e. The fraction of sp³-hybridized carbons (Fsp3) is 0.524. The Labute approximate surface area is 181 Å². The molecule has 6 nitrogen and oxygen atoms in total. The number of aliphatic carboxylic acids is 1. The van der Waals surface area contributed by atoms with Crippen LogP contribution in [0.5, 0.6) is 0 Å². The molecule has 2 aromatic rings. The SMILES string of the molecule is CC1(C)CNCC1NC1CCc2nc(-c3ccc(F)cc3F)cn2C1.O=C(O)C(F)(F)F. The molecule has 2 unspecified atom stereocenters. The Morgan fingerprint density at radius 2 is 2.00 bits per heavy atom. The van der Waals surface area contributed by atoms with Crippen molar-refractivity contribution in [3.8, 4) is 11.3 Å². The average Bonchev–Trinajstić information content (AvgIpc) is 3.24. The Bertz CT molecular complexity index is 974. The van der Waals surface area contributed by atoms with Crippen molar-refractivity contribution >= 4 is 5.97 Å². The van der Waals surface area contributed by atoms with Gasteiger partial charge in [0, 0.05) is 56.0 Å². The van der Waals surface area contributed by atoms with Crippen LogP contribution >= 0.6 is 0 Å². The number of carboxylic acid groups (broad SMARTS) is 1. The van der Waals surface area contributed by atoms with E-state index in [2.05, 4.69) is 34.0 Å². The monoisotopic (exact) mass is 460 g/mol. The lowest BCUT2D eigenvalue weighted by Crippen LogP contribution is -2.49. The van der Waals surface area contributed by atoms with Gasteiger partial charge in [0.1, 0.15) is 17.5 Å². The molecule has 2 aliphatic rings. The summed E-state index contributed by atoms with van der Waals surface area (Å²) in [5.41, 5.74) is 1.18. The highest BCUT2D eigenvalue weighted by Crippen LogP contribution is 2.28. The maximum atomic E-state index is 14.0. The summed E-state index contributed by atoms with van der Waals surface area (Å²) in [6, 6.07) is 4.48. The lowest BCUT2D eigenvalue weighted by atomic mass is 9.87. The molecular formula is C21H25F5N4O2. The number of carbonyl (C=O) groups is 1. The highest BCUT2D eigenvalue weighted by molar-refractivity contribution is 5.73. The Hall–Kier alpha value is -2.53. The molecule has 3 N–H and O–H groups in total. The molecule has 0 amide bonds. The summed E-state index contributed by atoms with van der Waals surface area (Å²) in [5.74, 6) is -2.92. The van der Waals surface area contributed by atoms with Gasteiger partial charge in [-0.1, -0.05) is 13.8 Å². The normalized spacial score (nSPS) is 22.1. The maximum absolute atomic E-state index is 14.0. The van der Waals surface area contributed by atoms with E-state index in [0.29, 0.717) is 23.3 Å². The molecule has 1 saturated heterocycles. The van der Waals surface area contributed by atoms with Crippen LogP contribution < -0.4 is 10.6 Å². The van der Waals surface area contributed by atoms with E-state index in [4.69, 9.17) is 9.90 Å². The van der Waals surface area contributed by atoms with Gasteiger partial charge in [-0.25, -0.2) is 18.6 Å². The quantitative estimate of drug-likeness (QED) is 0.613. The minimum atomic E-state index is -5.08. The molecule has 176 valence electrons. The first-order valence-corrected chi connectivity index (χ1v) is 10.1.